The van der Waals surface area contributed by atoms with Gasteiger partial charge in [0.15, 0.2) is 0 Å². The molecule has 0 spiro atoms. The Hall–Kier alpha value is 0.690. The molecule has 0 amide bonds. The number of hydrogen-bond acceptors (Lipinski definition) is 0. The van der Waals surface area contributed by atoms with Gasteiger partial charge in [0, 0.05) is 19.5 Å². The van der Waals surface area contributed by atoms with Crippen LogP contribution in [0.25, 0.3) is 0 Å². The summed E-state index contributed by atoms with van der Waals surface area (Å²) in [4.78, 5) is 0. The van der Waals surface area contributed by atoms with Crippen LogP contribution in [0.1, 0.15) is 41.5 Å². The number of hydrogen-bond donors (Lipinski definition) is 0. The van der Waals surface area contributed by atoms with E-state index >= 15 is 0 Å². The van der Waals surface area contributed by atoms with Gasteiger partial charge in [-0.2, -0.15) is 0 Å². The van der Waals surface area contributed by atoms with Gasteiger partial charge in [-0.05, 0) is 16.6 Å². The Bertz CT molecular complexity index is 160. The van der Waals surface area contributed by atoms with E-state index in [4.69, 9.17) is 6.42 Å². The predicted octanol–water partition coefficient (Wildman–Crippen LogP) is 4.21. The molecule has 0 heterocycles. The van der Waals surface area contributed by atoms with Gasteiger partial charge in [-0.1, -0.05) is 41.5 Å². The van der Waals surface area contributed by atoms with E-state index in [0.717, 1.165) is 0 Å². The molecule has 0 bridgehead atoms. The van der Waals surface area contributed by atoms with Crippen molar-refractivity contribution in [2.75, 3.05) is 0 Å². The van der Waals surface area contributed by atoms with Crippen LogP contribution < -0.4 is 0 Å². The zero-order chi connectivity index (χ0) is 9.94. The van der Waals surface area contributed by atoms with Crippen LogP contribution in [0.2, 0.25) is 16.6 Å². The average molecular weight is 283 g/mol. The van der Waals surface area contributed by atoms with Crippen LogP contribution in [-0.2, 0) is 19.5 Å². The van der Waals surface area contributed by atoms with Gasteiger partial charge in [0.1, 0.15) is 0 Å². The molecule has 0 rings (SSSR count). The summed E-state index contributed by atoms with van der Waals surface area (Å²) >= 11 is 0. The van der Waals surface area contributed by atoms with Crippen LogP contribution in [-0.4, -0.2) is 8.07 Å². The zero-order valence-corrected chi connectivity index (χ0v) is 15.1. The Labute approximate surface area is 110 Å². The third kappa shape index (κ3) is 3.69. The van der Waals surface area contributed by atoms with Crippen molar-refractivity contribution in [3.63, 3.8) is 0 Å². The fourth-order valence-electron chi connectivity index (χ4n) is 2.43. The van der Waals surface area contributed by atoms with E-state index in [9.17, 15) is 0 Å². The van der Waals surface area contributed by atoms with Crippen LogP contribution in [0.4, 0.5) is 0 Å². The molecule has 3 heteroatoms. The molecule has 0 aliphatic heterocycles. The molecule has 0 aliphatic rings. The van der Waals surface area contributed by atoms with Crippen molar-refractivity contribution >= 4 is 20.5 Å². The molecule has 0 aromatic rings. The van der Waals surface area contributed by atoms with Crippen molar-refractivity contribution < 1.29 is 19.5 Å². The maximum Gasteiger partial charge on any atom is 0.0977 e. The normalized spacial score (nSPS) is 10.9. The molecule has 0 aromatic heterocycles. The van der Waals surface area contributed by atoms with E-state index < -0.39 is 8.07 Å². The summed E-state index contributed by atoms with van der Waals surface area (Å²) in [6.07, 6.45) is 7.51. The van der Waals surface area contributed by atoms with Gasteiger partial charge in [-0.3, -0.25) is 0 Å². The first-order chi connectivity index (χ1) is 5.39. The van der Waals surface area contributed by atoms with Crippen molar-refractivity contribution in [3.05, 3.63) is 6.42 Å². The first-order valence-electron chi connectivity index (χ1n) is 4.83. The van der Waals surface area contributed by atoms with Gasteiger partial charge in [-0.15, -0.1) is 12.4 Å². The minimum absolute atomic E-state index is 0. The standard InChI is InChI=1S/C11H21Si.ClH.Zn/c1-8-12(9(2)3,10(4)5)11(6)7;;/h9-11H,2-7H3;1H;/q-1;;. The molecular weight excluding hydrogens is 261 g/mol. The number of halogens is 1. The van der Waals surface area contributed by atoms with E-state index in [1.807, 2.05) is 0 Å². The molecule has 0 unspecified atom stereocenters. The Morgan fingerprint density at radius 1 is 0.857 bits per heavy atom. The summed E-state index contributed by atoms with van der Waals surface area (Å²) in [6, 6.07) is 0. The molecule has 0 aliphatic carbocycles. The van der Waals surface area contributed by atoms with Crippen LogP contribution in [0.5, 0.6) is 0 Å². The Morgan fingerprint density at radius 3 is 1.07 bits per heavy atom. The quantitative estimate of drug-likeness (QED) is 0.413. The van der Waals surface area contributed by atoms with Crippen LogP contribution >= 0.6 is 12.4 Å². The summed E-state index contributed by atoms with van der Waals surface area (Å²) in [7, 11) is -1.58. The second-order valence-electron chi connectivity index (χ2n) is 4.52. The third-order valence-electron chi connectivity index (χ3n) is 3.08. The molecule has 0 N–H and O–H groups in total. The van der Waals surface area contributed by atoms with E-state index in [0.29, 0.717) is 16.6 Å². The van der Waals surface area contributed by atoms with E-state index in [2.05, 4.69) is 47.1 Å². The molecule has 0 nitrogen and oxygen atoms in total. The van der Waals surface area contributed by atoms with Gasteiger partial charge < -0.3 is 12.0 Å². The van der Waals surface area contributed by atoms with Crippen molar-refractivity contribution in [1.29, 1.82) is 0 Å². The molecule has 0 radical (unpaired) electrons. The largest absolute Gasteiger partial charge is 0.701 e. The smallest absolute Gasteiger partial charge is 0.0977 e. The van der Waals surface area contributed by atoms with Crippen molar-refractivity contribution in [2.24, 2.45) is 0 Å². The summed E-state index contributed by atoms with van der Waals surface area (Å²) in [5, 5.41) is 0. The SMILES string of the molecule is Cl.[C-]#C[Si](C(C)C)(C(C)C)C(C)C.[Zn]. The molecule has 0 aromatic carbocycles. The zero-order valence-electron chi connectivity index (χ0n) is 10.3. The van der Waals surface area contributed by atoms with Gasteiger partial charge in [0.05, 0.1) is 8.07 Å². The van der Waals surface area contributed by atoms with E-state index in [-0.39, 0.29) is 31.9 Å². The van der Waals surface area contributed by atoms with E-state index in [1.54, 1.807) is 0 Å². The van der Waals surface area contributed by atoms with Crippen molar-refractivity contribution in [3.8, 4) is 5.54 Å². The van der Waals surface area contributed by atoms with Gasteiger partial charge in [0.2, 0.25) is 0 Å². The van der Waals surface area contributed by atoms with E-state index in [1.165, 1.54) is 0 Å². The molecule has 14 heavy (non-hydrogen) atoms. The molecule has 80 valence electrons. The van der Waals surface area contributed by atoms with Gasteiger partial charge in [-0.25, -0.2) is 0 Å². The average Bonchev–Trinajstić information content (AvgIpc) is 1.86. The second-order valence-corrected chi connectivity index (χ2v) is 10.1. The molecule has 0 saturated heterocycles. The predicted molar refractivity (Wildman–Crippen MR) is 65.4 cm³/mol. The summed E-state index contributed by atoms with van der Waals surface area (Å²) in [5.41, 5.74) is 4.81. The topological polar surface area (TPSA) is 0 Å². The van der Waals surface area contributed by atoms with Gasteiger partial charge in [0.25, 0.3) is 0 Å². The van der Waals surface area contributed by atoms with Crippen LogP contribution in [0.3, 0.4) is 0 Å². The fraction of sp³-hybridized carbons (Fsp3) is 0.818. The fourth-order valence-corrected chi connectivity index (χ4v) is 7.30. The minimum Gasteiger partial charge on any atom is -0.701 e. The molecular formula is C11H22ClSiZn-. The van der Waals surface area contributed by atoms with Crippen LogP contribution in [0, 0.1) is 12.0 Å². The second kappa shape index (κ2) is 7.91. The first-order valence-corrected chi connectivity index (χ1v) is 7.06. The summed E-state index contributed by atoms with van der Waals surface area (Å²) < 4.78 is 0. The maximum absolute atomic E-state index is 7.51. The molecule has 0 saturated carbocycles. The number of rotatable bonds is 3. The Kier molecular flexibility index (Phi) is 11.4. The Balaban J connectivity index is -0.000000605. The maximum atomic E-state index is 7.51. The monoisotopic (exact) mass is 281 g/mol. The Morgan fingerprint density at radius 2 is 1.07 bits per heavy atom. The summed E-state index contributed by atoms with van der Waals surface area (Å²) in [6.45, 7) is 13.5. The van der Waals surface area contributed by atoms with Crippen molar-refractivity contribution in [2.45, 2.75) is 58.2 Å². The van der Waals surface area contributed by atoms with Crippen molar-refractivity contribution in [1.82, 2.24) is 0 Å². The third-order valence-corrected chi connectivity index (χ3v) is 9.25. The summed E-state index contributed by atoms with van der Waals surface area (Å²) in [5.74, 6) is 0. The minimum atomic E-state index is -1.58. The van der Waals surface area contributed by atoms with Crippen LogP contribution in [0.15, 0.2) is 0 Å². The van der Waals surface area contributed by atoms with Gasteiger partial charge >= 0.3 is 0 Å². The molecule has 0 atom stereocenters. The first kappa shape index (κ1) is 20.1. The molecule has 0 fully saturated rings.